The molecule has 0 bridgehead atoms. The molecule has 0 spiro atoms. The van der Waals surface area contributed by atoms with Crippen LogP contribution in [0, 0.1) is 0 Å². The molecule has 128 valence electrons. The van der Waals surface area contributed by atoms with Gasteiger partial charge in [-0.25, -0.2) is 0 Å². The van der Waals surface area contributed by atoms with Crippen LogP contribution in [0.3, 0.4) is 0 Å². The number of benzene rings is 1. The Balaban J connectivity index is 0.00000220. The van der Waals surface area contributed by atoms with E-state index in [1.807, 2.05) is 0 Å². The minimum atomic E-state index is -4.40. The molecule has 1 heterocycles. The SMILES string of the molecule is COc1cc(O)ccc1[C@@H](N1CCNCC1)C(F)(F)F.Cl.Cl. The monoisotopic (exact) mass is 362 g/mol. The van der Waals surface area contributed by atoms with Crippen molar-refractivity contribution in [2.75, 3.05) is 33.3 Å². The van der Waals surface area contributed by atoms with E-state index < -0.39 is 12.2 Å². The van der Waals surface area contributed by atoms with Crippen molar-refractivity contribution in [3.63, 3.8) is 0 Å². The lowest BCUT2D eigenvalue weighted by molar-refractivity contribution is -0.188. The molecule has 2 N–H and O–H groups in total. The summed E-state index contributed by atoms with van der Waals surface area (Å²) in [5, 5.41) is 12.4. The van der Waals surface area contributed by atoms with Crippen molar-refractivity contribution in [3.05, 3.63) is 23.8 Å². The Hall–Kier alpha value is -0.890. The molecule has 2 rings (SSSR count). The van der Waals surface area contributed by atoms with E-state index in [-0.39, 0.29) is 41.9 Å². The highest BCUT2D eigenvalue weighted by Gasteiger charge is 2.46. The first-order valence-electron chi connectivity index (χ1n) is 6.32. The summed E-state index contributed by atoms with van der Waals surface area (Å²) in [4.78, 5) is 1.38. The number of phenolic OH excluding ortho intramolecular Hbond substituents is 1. The number of halogens is 5. The van der Waals surface area contributed by atoms with Gasteiger partial charge in [-0.1, -0.05) is 0 Å². The van der Waals surface area contributed by atoms with Crippen LogP contribution in [0.1, 0.15) is 11.6 Å². The van der Waals surface area contributed by atoms with Gasteiger partial charge in [0, 0.05) is 37.8 Å². The molecule has 1 aliphatic rings. The van der Waals surface area contributed by atoms with E-state index in [1.54, 1.807) is 0 Å². The second-order valence-corrected chi connectivity index (χ2v) is 4.66. The largest absolute Gasteiger partial charge is 0.508 e. The van der Waals surface area contributed by atoms with Gasteiger partial charge in [0.1, 0.15) is 17.5 Å². The summed E-state index contributed by atoms with van der Waals surface area (Å²) in [6.45, 7) is 1.67. The van der Waals surface area contributed by atoms with Gasteiger partial charge in [0.15, 0.2) is 0 Å². The molecular weight excluding hydrogens is 344 g/mol. The molecule has 1 aliphatic heterocycles. The van der Waals surface area contributed by atoms with E-state index >= 15 is 0 Å². The zero-order chi connectivity index (χ0) is 14.8. The molecule has 22 heavy (non-hydrogen) atoms. The highest BCUT2D eigenvalue weighted by molar-refractivity contribution is 5.85. The van der Waals surface area contributed by atoms with Crippen LogP contribution in [-0.2, 0) is 0 Å². The van der Waals surface area contributed by atoms with Crippen LogP contribution in [0.4, 0.5) is 13.2 Å². The highest BCUT2D eigenvalue weighted by atomic mass is 35.5. The van der Waals surface area contributed by atoms with Crippen LogP contribution in [0.2, 0.25) is 0 Å². The van der Waals surface area contributed by atoms with Gasteiger partial charge in [0.05, 0.1) is 7.11 Å². The maximum atomic E-state index is 13.4. The van der Waals surface area contributed by atoms with Gasteiger partial charge in [-0.15, -0.1) is 24.8 Å². The Labute approximate surface area is 139 Å². The predicted molar refractivity (Wildman–Crippen MR) is 82.4 cm³/mol. The first-order chi connectivity index (χ1) is 9.43. The first-order valence-corrected chi connectivity index (χ1v) is 6.32. The van der Waals surface area contributed by atoms with Crippen LogP contribution in [0.15, 0.2) is 18.2 Å². The number of nitrogens with zero attached hydrogens (tertiary/aromatic N) is 1. The predicted octanol–water partition coefficient (Wildman–Crippen LogP) is 2.75. The topological polar surface area (TPSA) is 44.7 Å². The molecule has 4 nitrogen and oxygen atoms in total. The Bertz CT molecular complexity index is 469. The second-order valence-electron chi connectivity index (χ2n) is 4.66. The molecule has 1 saturated heterocycles. The molecule has 0 aliphatic carbocycles. The summed E-state index contributed by atoms with van der Waals surface area (Å²) in [6, 6.07) is 2.00. The fourth-order valence-electron chi connectivity index (χ4n) is 2.45. The molecule has 0 amide bonds. The molecule has 0 saturated carbocycles. The Morgan fingerprint density at radius 2 is 1.82 bits per heavy atom. The zero-order valence-corrected chi connectivity index (χ0v) is 13.5. The van der Waals surface area contributed by atoms with Gasteiger partial charge in [-0.2, -0.15) is 13.2 Å². The molecule has 1 aromatic carbocycles. The van der Waals surface area contributed by atoms with E-state index in [0.29, 0.717) is 26.2 Å². The zero-order valence-electron chi connectivity index (χ0n) is 11.9. The number of piperazine rings is 1. The molecular formula is C13H19Cl2F3N2O2. The number of phenols is 1. The van der Waals surface area contributed by atoms with E-state index in [4.69, 9.17) is 4.74 Å². The standard InChI is InChI=1S/C13H17F3N2O2.2ClH/c1-20-11-8-9(19)2-3-10(11)12(13(14,15)16)18-6-4-17-5-7-18;;/h2-3,8,12,17,19H,4-7H2,1H3;2*1H/t12-;;/m1../s1. The van der Waals surface area contributed by atoms with Crippen LogP contribution in [0.5, 0.6) is 11.5 Å². The van der Waals surface area contributed by atoms with Crippen molar-refractivity contribution in [1.82, 2.24) is 10.2 Å². The van der Waals surface area contributed by atoms with Gasteiger partial charge >= 0.3 is 6.18 Å². The van der Waals surface area contributed by atoms with Crippen LogP contribution < -0.4 is 10.1 Å². The quantitative estimate of drug-likeness (QED) is 0.867. The molecule has 1 aromatic rings. The molecule has 0 radical (unpaired) electrons. The summed E-state index contributed by atoms with van der Waals surface area (Å²) >= 11 is 0. The summed E-state index contributed by atoms with van der Waals surface area (Å²) in [5.41, 5.74) is 0.0275. The maximum absolute atomic E-state index is 13.4. The molecule has 1 fully saturated rings. The fourth-order valence-corrected chi connectivity index (χ4v) is 2.45. The Morgan fingerprint density at radius 1 is 1.23 bits per heavy atom. The Kier molecular flexibility index (Phi) is 8.32. The van der Waals surface area contributed by atoms with E-state index in [1.165, 1.54) is 30.2 Å². The van der Waals surface area contributed by atoms with Crippen LogP contribution >= 0.6 is 24.8 Å². The normalized spacial score (nSPS) is 17.1. The number of alkyl halides is 3. The van der Waals surface area contributed by atoms with E-state index in [2.05, 4.69) is 5.32 Å². The van der Waals surface area contributed by atoms with Gasteiger partial charge in [0.2, 0.25) is 0 Å². The third kappa shape index (κ3) is 4.81. The van der Waals surface area contributed by atoms with Gasteiger partial charge in [-0.05, 0) is 12.1 Å². The fraction of sp³-hybridized carbons (Fsp3) is 0.538. The summed E-state index contributed by atoms with van der Waals surface area (Å²) in [7, 11) is 1.30. The summed E-state index contributed by atoms with van der Waals surface area (Å²) in [6.07, 6.45) is -4.40. The minimum Gasteiger partial charge on any atom is -0.508 e. The average Bonchev–Trinajstić information content (AvgIpc) is 2.40. The number of aromatic hydroxyl groups is 1. The van der Waals surface area contributed by atoms with E-state index in [9.17, 15) is 18.3 Å². The van der Waals surface area contributed by atoms with Crippen LogP contribution in [0.25, 0.3) is 0 Å². The molecule has 0 unspecified atom stereocenters. The maximum Gasteiger partial charge on any atom is 0.408 e. The first kappa shape index (κ1) is 21.1. The number of nitrogens with one attached hydrogen (secondary N) is 1. The van der Waals surface area contributed by atoms with E-state index in [0.717, 1.165) is 0 Å². The lowest BCUT2D eigenvalue weighted by atomic mass is 10.0. The molecule has 0 aromatic heterocycles. The smallest absolute Gasteiger partial charge is 0.408 e. The lowest BCUT2D eigenvalue weighted by Crippen LogP contribution is -2.49. The highest BCUT2D eigenvalue weighted by Crippen LogP contribution is 2.42. The van der Waals surface area contributed by atoms with Gasteiger partial charge in [-0.3, -0.25) is 4.90 Å². The molecule has 1 atom stereocenters. The third-order valence-electron chi connectivity index (χ3n) is 3.34. The van der Waals surface area contributed by atoms with Crippen molar-refractivity contribution in [2.45, 2.75) is 12.2 Å². The van der Waals surface area contributed by atoms with Crippen molar-refractivity contribution < 1.29 is 23.0 Å². The number of hydrogen-bond donors (Lipinski definition) is 2. The van der Waals surface area contributed by atoms with Crippen molar-refractivity contribution in [1.29, 1.82) is 0 Å². The number of methoxy groups -OCH3 is 1. The average molecular weight is 363 g/mol. The lowest BCUT2D eigenvalue weighted by Gasteiger charge is -2.36. The number of hydrogen-bond acceptors (Lipinski definition) is 4. The summed E-state index contributed by atoms with van der Waals surface area (Å²) < 4.78 is 45.3. The Morgan fingerprint density at radius 3 is 2.32 bits per heavy atom. The molecule has 9 heteroatoms. The van der Waals surface area contributed by atoms with Gasteiger partial charge < -0.3 is 15.2 Å². The van der Waals surface area contributed by atoms with Gasteiger partial charge in [0.25, 0.3) is 0 Å². The summed E-state index contributed by atoms with van der Waals surface area (Å²) in [5.74, 6) is -0.0716. The third-order valence-corrected chi connectivity index (χ3v) is 3.34. The van der Waals surface area contributed by atoms with Crippen molar-refractivity contribution in [2.24, 2.45) is 0 Å². The number of ether oxygens (including phenoxy) is 1. The van der Waals surface area contributed by atoms with Crippen molar-refractivity contribution >= 4 is 24.8 Å². The van der Waals surface area contributed by atoms with Crippen LogP contribution in [-0.4, -0.2) is 49.5 Å². The van der Waals surface area contributed by atoms with Crippen molar-refractivity contribution in [3.8, 4) is 11.5 Å². The second kappa shape index (κ2) is 8.67. The minimum absolute atomic E-state index is 0. The number of rotatable bonds is 3.